The van der Waals surface area contributed by atoms with E-state index >= 15 is 0 Å². The number of hydrogen-bond donors (Lipinski definition) is 0. The van der Waals surface area contributed by atoms with Gasteiger partial charge in [0.05, 0.1) is 11.8 Å². The highest BCUT2D eigenvalue weighted by Crippen LogP contribution is 2.52. The minimum absolute atomic E-state index is 0.0492. The number of fused-ring (bicyclic) bond motifs is 5. The van der Waals surface area contributed by atoms with Crippen LogP contribution in [0.5, 0.6) is 0 Å². The van der Waals surface area contributed by atoms with Gasteiger partial charge in [-0.1, -0.05) is 12.2 Å². The lowest BCUT2D eigenvalue weighted by Crippen LogP contribution is -2.37. The minimum atomic E-state index is -1.23. The fourth-order valence-corrected chi connectivity index (χ4v) is 3.39. The van der Waals surface area contributed by atoms with Crippen LogP contribution in [0.4, 0.5) is 0 Å². The van der Waals surface area contributed by atoms with E-state index in [-0.39, 0.29) is 48.5 Å². The Balaban J connectivity index is 1.80. The number of rotatable bonds is 3. The van der Waals surface area contributed by atoms with Crippen molar-refractivity contribution in [2.24, 2.45) is 23.7 Å². The summed E-state index contributed by atoms with van der Waals surface area (Å²) in [4.78, 5) is 35.6. The Labute approximate surface area is 98.1 Å². The monoisotopic (exact) mass is 234 g/mol. The summed E-state index contributed by atoms with van der Waals surface area (Å²) >= 11 is 0. The molecule has 0 aromatic rings. The largest absolute Gasteiger partial charge is 0.550 e. The van der Waals surface area contributed by atoms with Gasteiger partial charge in [0.25, 0.3) is 0 Å². The number of hydrogen-bond acceptors (Lipinski definition) is 4. The van der Waals surface area contributed by atoms with Crippen molar-refractivity contribution in [2.45, 2.75) is 12.8 Å². The summed E-state index contributed by atoms with van der Waals surface area (Å²) in [7, 11) is 0. The fraction of sp³-hybridized carbons (Fsp3) is 0.583. The Morgan fingerprint density at radius 2 is 1.76 bits per heavy atom. The van der Waals surface area contributed by atoms with Gasteiger partial charge in [0.1, 0.15) is 0 Å². The molecule has 3 rings (SSSR count). The Bertz CT molecular complexity index is 412. The molecule has 5 heteroatoms. The highest BCUT2D eigenvalue weighted by Gasteiger charge is 2.58. The predicted molar refractivity (Wildman–Crippen MR) is 54.1 cm³/mol. The molecule has 90 valence electrons. The molecular formula is C12H12NO4-. The zero-order valence-corrected chi connectivity index (χ0v) is 9.17. The molecule has 0 aromatic carbocycles. The van der Waals surface area contributed by atoms with E-state index in [0.717, 1.165) is 11.3 Å². The number of amides is 2. The van der Waals surface area contributed by atoms with E-state index in [2.05, 4.69) is 0 Å². The molecule has 2 fully saturated rings. The summed E-state index contributed by atoms with van der Waals surface area (Å²) in [6.07, 6.45) is 4.64. The van der Waals surface area contributed by atoms with Crippen molar-refractivity contribution < 1.29 is 19.5 Å². The molecule has 3 aliphatic rings. The van der Waals surface area contributed by atoms with Crippen molar-refractivity contribution in [3.63, 3.8) is 0 Å². The Morgan fingerprint density at radius 1 is 1.24 bits per heavy atom. The number of aliphatic carboxylic acids is 1. The number of imide groups is 1. The molecule has 2 bridgehead atoms. The number of nitrogens with zero attached hydrogens (tertiary/aromatic N) is 1. The molecule has 1 saturated heterocycles. The van der Waals surface area contributed by atoms with Gasteiger partial charge in [0.15, 0.2) is 0 Å². The molecule has 0 N–H and O–H groups in total. The molecule has 1 heterocycles. The van der Waals surface area contributed by atoms with Crippen molar-refractivity contribution in [3.8, 4) is 0 Å². The number of likely N-dealkylation sites (tertiary alicyclic amines) is 1. The van der Waals surface area contributed by atoms with Crippen LogP contribution in [0.15, 0.2) is 12.2 Å². The third kappa shape index (κ3) is 1.34. The molecule has 0 spiro atoms. The molecule has 5 nitrogen and oxygen atoms in total. The molecule has 4 atom stereocenters. The normalized spacial score (nSPS) is 38.0. The maximum absolute atomic E-state index is 12.1. The molecule has 0 aromatic heterocycles. The zero-order valence-electron chi connectivity index (χ0n) is 9.17. The van der Waals surface area contributed by atoms with Gasteiger partial charge in [-0.3, -0.25) is 14.5 Å². The fourth-order valence-electron chi connectivity index (χ4n) is 3.39. The topological polar surface area (TPSA) is 77.5 Å². The number of allylic oxidation sites excluding steroid dienone is 2. The summed E-state index contributed by atoms with van der Waals surface area (Å²) in [5.41, 5.74) is 0. The standard InChI is InChI=1S/C12H13NO4/c14-8(15)3-4-13-11(16)9-6-1-2-7(5-6)10(9)12(13)17/h1-2,6-7,9-10H,3-5H2,(H,14,15)/p-1. The molecule has 4 unspecified atom stereocenters. The molecular weight excluding hydrogens is 222 g/mol. The molecule has 2 amide bonds. The van der Waals surface area contributed by atoms with Crippen LogP contribution >= 0.6 is 0 Å². The number of carbonyl (C=O) groups excluding carboxylic acids is 3. The average Bonchev–Trinajstić information content (AvgIpc) is 2.92. The van der Waals surface area contributed by atoms with Crippen LogP contribution in [-0.2, 0) is 14.4 Å². The van der Waals surface area contributed by atoms with Crippen LogP contribution in [0, 0.1) is 23.7 Å². The van der Waals surface area contributed by atoms with E-state index in [1.165, 1.54) is 0 Å². The van der Waals surface area contributed by atoms with Gasteiger partial charge in [-0.15, -0.1) is 0 Å². The third-order valence-corrected chi connectivity index (χ3v) is 4.10. The minimum Gasteiger partial charge on any atom is -0.550 e. The first-order valence-electron chi connectivity index (χ1n) is 5.83. The van der Waals surface area contributed by atoms with Gasteiger partial charge < -0.3 is 9.90 Å². The van der Waals surface area contributed by atoms with Gasteiger partial charge in [0.2, 0.25) is 11.8 Å². The van der Waals surface area contributed by atoms with Gasteiger partial charge >= 0.3 is 0 Å². The molecule has 1 aliphatic heterocycles. The van der Waals surface area contributed by atoms with Crippen molar-refractivity contribution >= 4 is 17.8 Å². The average molecular weight is 234 g/mol. The van der Waals surface area contributed by atoms with E-state index in [1.807, 2.05) is 12.2 Å². The van der Waals surface area contributed by atoms with Gasteiger partial charge in [-0.05, 0) is 18.3 Å². The lowest BCUT2D eigenvalue weighted by molar-refractivity contribution is -0.305. The van der Waals surface area contributed by atoms with Crippen LogP contribution < -0.4 is 5.11 Å². The summed E-state index contributed by atoms with van der Waals surface area (Å²) in [5, 5.41) is 10.4. The summed E-state index contributed by atoms with van der Waals surface area (Å²) in [6, 6.07) is 0. The third-order valence-electron chi connectivity index (χ3n) is 4.10. The molecule has 1 saturated carbocycles. The van der Waals surface area contributed by atoms with Crippen LogP contribution in [-0.4, -0.2) is 29.2 Å². The Hall–Kier alpha value is -1.65. The van der Waals surface area contributed by atoms with Crippen LogP contribution in [0.1, 0.15) is 12.8 Å². The van der Waals surface area contributed by atoms with Gasteiger partial charge in [-0.2, -0.15) is 0 Å². The Morgan fingerprint density at radius 3 is 2.24 bits per heavy atom. The van der Waals surface area contributed by atoms with E-state index in [1.54, 1.807) is 0 Å². The van der Waals surface area contributed by atoms with Crippen molar-refractivity contribution in [3.05, 3.63) is 12.2 Å². The van der Waals surface area contributed by atoms with E-state index in [4.69, 9.17) is 0 Å². The van der Waals surface area contributed by atoms with Crippen molar-refractivity contribution in [1.29, 1.82) is 0 Å². The summed E-state index contributed by atoms with van der Waals surface area (Å²) < 4.78 is 0. The van der Waals surface area contributed by atoms with Crippen LogP contribution in [0.25, 0.3) is 0 Å². The SMILES string of the molecule is O=C([O-])CCN1C(=O)C2C3C=CC(C3)C2C1=O. The lowest BCUT2D eigenvalue weighted by atomic mass is 9.85. The van der Waals surface area contributed by atoms with E-state index < -0.39 is 5.97 Å². The molecule has 2 aliphatic carbocycles. The summed E-state index contributed by atoms with van der Waals surface area (Å²) in [5.74, 6) is -1.75. The second-order valence-electron chi connectivity index (χ2n) is 4.95. The van der Waals surface area contributed by atoms with E-state index in [0.29, 0.717) is 0 Å². The number of carboxylic acids is 1. The first-order valence-corrected chi connectivity index (χ1v) is 5.83. The van der Waals surface area contributed by atoms with Crippen LogP contribution in [0.3, 0.4) is 0 Å². The van der Waals surface area contributed by atoms with Gasteiger partial charge in [-0.25, -0.2) is 0 Å². The second-order valence-corrected chi connectivity index (χ2v) is 4.95. The quantitative estimate of drug-likeness (QED) is 0.460. The van der Waals surface area contributed by atoms with Crippen molar-refractivity contribution in [2.75, 3.05) is 6.54 Å². The molecule has 0 radical (unpaired) electrons. The second kappa shape index (κ2) is 3.42. The maximum Gasteiger partial charge on any atom is 0.233 e. The maximum atomic E-state index is 12.1. The highest BCUT2D eigenvalue weighted by atomic mass is 16.4. The summed E-state index contributed by atoms with van der Waals surface area (Å²) in [6.45, 7) is -0.0492. The first-order chi connectivity index (χ1) is 8.09. The first kappa shape index (κ1) is 10.5. The predicted octanol–water partition coefficient (Wildman–Crippen LogP) is -1.07. The number of carboxylic acid groups (broad SMARTS) is 1. The van der Waals surface area contributed by atoms with Crippen LogP contribution in [0.2, 0.25) is 0 Å². The Kier molecular flexibility index (Phi) is 2.11. The number of carbonyl (C=O) groups is 3. The van der Waals surface area contributed by atoms with E-state index in [9.17, 15) is 19.5 Å². The van der Waals surface area contributed by atoms with Gasteiger partial charge in [0, 0.05) is 18.9 Å². The lowest BCUT2D eigenvalue weighted by Gasteiger charge is -2.17. The van der Waals surface area contributed by atoms with Crippen molar-refractivity contribution in [1.82, 2.24) is 4.90 Å². The smallest absolute Gasteiger partial charge is 0.233 e. The highest BCUT2D eigenvalue weighted by molar-refractivity contribution is 6.06. The molecule has 17 heavy (non-hydrogen) atoms. The zero-order chi connectivity index (χ0) is 12.2.